The van der Waals surface area contributed by atoms with Gasteiger partial charge in [0, 0.05) is 35.8 Å². The lowest BCUT2D eigenvalue weighted by atomic mass is 9.98. The Balaban J connectivity index is 2.41. The Bertz CT molecular complexity index is 513. The molecular weight excluding hydrogens is 268 g/mol. The number of rotatable bonds is 3. The number of anilines is 1. The molecule has 20 heavy (non-hydrogen) atoms. The van der Waals surface area contributed by atoms with Gasteiger partial charge in [-0.15, -0.1) is 11.8 Å². The van der Waals surface area contributed by atoms with Crippen molar-refractivity contribution in [3.63, 3.8) is 0 Å². The van der Waals surface area contributed by atoms with Gasteiger partial charge in [-0.05, 0) is 39.3 Å². The van der Waals surface area contributed by atoms with Gasteiger partial charge in [-0.1, -0.05) is 6.07 Å². The summed E-state index contributed by atoms with van der Waals surface area (Å²) in [5.41, 5.74) is 7.92. The number of hydrogen-bond acceptors (Lipinski definition) is 4. The molecule has 1 saturated heterocycles. The van der Waals surface area contributed by atoms with Crippen LogP contribution in [-0.4, -0.2) is 49.2 Å². The van der Waals surface area contributed by atoms with E-state index in [2.05, 4.69) is 42.8 Å². The third-order valence-corrected chi connectivity index (χ3v) is 4.93. The molecule has 1 heterocycles. The minimum absolute atomic E-state index is 0.127. The van der Waals surface area contributed by atoms with Crippen molar-refractivity contribution in [2.24, 2.45) is 5.73 Å². The van der Waals surface area contributed by atoms with Crippen LogP contribution in [0.2, 0.25) is 0 Å². The lowest BCUT2D eigenvalue weighted by Gasteiger charge is -2.46. The molecule has 110 valence electrons. The van der Waals surface area contributed by atoms with Gasteiger partial charge in [0.05, 0.1) is 5.56 Å². The van der Waals surface area contributed by atoms with Gasteiger partial charge < -0.3 is 10.6 Å². The third kappa shape index (κ3) is 2.79. The summed E-state index contributed by atoms with van der Waals surface area (Å²) in [7, 11) is 2.17. The van der Waals surface area contributed by atoms with E-state index in [0.717, 1.165) is 35.8 Å². The summed E-state index contributed by atoms with van der Waals surface area (Å²) in [4.78, 5) is 5.82. The molecule has 0 spiro atoms. The molecule has 0 saturated carbocycles. The Morgan fingerprint density at radius 1 is 1.35 bits per heavy atom. The molecule has 4 nitrogen and oxygen atoms in total. The maximum absolute atomic E-state index is 7.90. The van der Waals surface area contributed by atoms with Crippen molar-refractivity contribution in [2.45, 2.75) is 24.3 Å². The topological polar surface area (TPSA) is 56.4 Å². The van der Waals surface area contributed by atoms with Crippen molar-refractivity contribution < 1.29 is 0 Å². The van der Waals surface area contributed by atoms with Crippen molar-refractivity contribution >= 4 is 23.3 Å². The molecule has 0 amide bonds. The van der Waals surface area contributed by atoms with Gasteiger partial charge >= 0.3 is 0 Å². The molecule has 1 aromatic carbocycles. The third-order valence-electron chi connectivity index (χ3n) is 4.15. The second kappa shape index (κ2) is 5.66. The standard InChI is InChI=1S/C15H24N4S/c1-15(2)10-19(9-8-18(15)3)11-6-5-7-12(20-4)13(11)14(16)17/h5-7H,8-10H2,1-4H3,(H3,16,17). The van der Waals surface area contributed by atoms with Crippen LogP contribution in [0, 0.1) is 5.41 Å². The maximum atomic E-state index is 7.90. The van der Waals surface area contributed by atoms with Crippen LogP contribution in [0.25, 0.3) is 0 Å². The van der Waals surface area contributed by atoms with E-state index in [1.165, 1.54) is 0 Å². The fraction of sp³-hybridized carbons (Fsp3) is 0.533. The number of nitrogens with one attached hydrogen (secondary N) is 1. The summed E-state index contributed by atoms with van der Waals surface area (Å²) in [6.45, 7) is 7.45. The number of likely N-dealkylation sites (N-methyl/N-ethyl adjacent to an activating group) is 1. The Morgan fingerprint density at radius 3 is 2.60 bits per heavy atom. The molecule has 0 radical (unpaired) electrons. The number of nitrogens with zero attached hydrogens (tertiary/aromatic N) is 2. The van der Waals surface area contributed by atoms with E-state index in [0.29, 0.717) is 0 Å². The molecule has 5 heteroatoms. The number of amidine groups is 1. The minimum atomic E-state index is 0.127. The number of piperazine rings is 1. The van der Waals surface area contributed by atoms with Crippen molar-refractivity contribution in [1.82, 2.24) is 4.90 Å². The lowest BCUT2D eigenvalue weighted by Crippen LogP contribution is -2.58. The van der Waals surface area contributed by atoms with Crippen LogP contribution in [0.3, 0.4) is 0 Å². The molecule has 1 fully saturated rings. The summed E-state index contributed by atoms with van der Waals surface area (Å²) >= 11 is 1.64. The monoisotopic (exact) mass is 292 g/mol. The van der Waals surface area contributed by atoms with Gasteiger partial charge in [0.1, 0.15) is 5.84 Å². The normalized spacial score (nSPS) is 19.1. The Labute approximate surface area is 125 Å². The number of hydrogen-bond donors (Lipinski definition) is 2. The summed E-state index contributed by atoms with van der Waals surface area (Å²) < 4.78 is 0. The molecule has 2 rings (SSSR count). The highest BCUT2D eigenvalue weighted by Crippen LogP contribution is 2.32. The second-order valence-electron chi connectivity index (χ2n) is 5.92. The first-order chi connectivity index (χ1) is 9.36. The average Bonchev–Trinajstić information content (AvgIpc) is 2.40. The Hall–Kier alpha value is -1.20. The van der Waals surface area contributed by atoms with Crippen LogP contribution < -0.4 is 10.6 Å². The Morgan fingerprint density at radius 2 is 2.05 bits per heavy atom. The van der Waals surface area contributed by atoms with Gasteiger partial charge in [0.2, 0.25) is 0 Å². The van der Waals surface area contributed by atoms with Crippen LogP contribution in [0.4, 0.5) is 5.69 Å². The van der Waals surface area contributed by atoms with Crippen molar-refractivity contribution in [2.75, 3.05) is 37.8 Å². The fourth-order valence-corrected chi connectivity index (χ4v) is 3.30. The van der Waals surface area contributed by atoms with Crippen LogP contribution in [0.1, 0.15) is 19.4 Å². The van der Waals surface area contributed by atoms with Crippen molar-refractivity contribution in [1.29, 1.82) is 5.41 Å². The lowest BCUT2D eigenvalue weighted by molar-refractivity contribution is 0.139. The van der Waals surface area contributed by atoms with E-state index in [-0.39, 0.29) is 11.4 Å². The van der Waals surface area contributed by atoms with E-state index in [1.807, 2.05) is 12.3 Å². The van der Waals surface area contributed by atoms with Crippen LogP contribution in [0.5, 0.6) is 0 Å². The van der Waals surface area contributed by atoms with E-state index < -0.39 is 0 Å². The SMILES string of the molecule is CSc1cccc(N2CCN(C)C(C)(C)C2)c1C(=N)N. The van der Waals surface area contributed by atoms with Crippen LogP contribution in [-0.2, 0) is 0 Å². The molecule has 0 atom stereocenters. The highest BCUT2D eigenvalue weighted by Gasteiger charge is 2.32. The zero-order chi connectivity index (χ0) is 14.9. The molecule has 0 aliphatic carbocycles. The molecule has 0 bridgehead atoms. The quantitative estimate of drug-likeness (QED) is 0.509. The predicted octanol–water partition coefficient (Wildman–Crippen LogP) is 2.22. The van der Waals surface area contributed by atoms with E-state index in [4.69, 9.17) is 11.1 Å². The first-order valence-electron chi connectivity index (χ1n) is 6.84. The van der Waals surface area contributed by atoms with E-state index >= 15 is 0 Å². The zero-order valence-corrected chi connectivity index (χ0v) is 13.5. The van der Waals surface area contributed by atoms with Crippen molar-refractivity contribution in [3.05, 3.63) is 23.8 Å². The molecule has 3 N–H and O–H groups in total. The predicted molar refractivity (Wildman–Crippen MR) is 88.2 cm³/mol. The van der Waals surface area contributed by atoms with Crippen LogP contribution in [0.15, 0.2) is 23.1 Å². The Kier molecular flexibility index (Phi) is 4.30. The second-order valence-corrected chi connectivity index (χ2v) is 6.77. The summed E-state index contributed by atoms with van der Waals surface area (Å²) in [6, 6.07) is 6.17. The van der Waals surface area contributed by atoms with Gasteiger partial charge in [-0.3, -0.25) is 10.3 Å². The maximum Gasteiger partial charge on any atom is 0.126 e. The van der Waals surface area contributed by atoms with Gasteiger partial charge in [0.25, 0.3) is 0 Å². The fourth-order valence-electron chi connectivity index (χ4n) is 2.67. The zero-order valence-electron chi connectivity index (χ0n) is 12.7. The summed E-state index contributed by atoms with van der Waals surface area (Å²) in [6.07, 6.45) is 2.03. The number of nitrogen functional groups attached to an aromatic ring is 1. The van der Waals surface area contributed by atoms with Gasteiger partial charge in [-0.25, -0.2) is 0 Å². The summed E-state index contributed by atoms with van der Waals surface area (Å²) in [5.74, 6) is 0.154. The minimum Gasteiger partial charge on any atom is -0.384 e. The molecule has 0 aromatic heterocycles. The number of thioether (sulfide) groups is 1. The largest absolute Gasteiger partial charge is 0.384 e. The van der Waals surface area contributed by atoms with E-state index in [9.17, 15) is 0 Å². The number of benzene rings is 1. The molecule has 1 aliphatic heterocycles. The smallest absolute Gasteiger partial charge is 0.126 e. The van der Waals surface area contributed by atoms with Crippen molar-refractivity contribution in [3.8, 4) is 0 Å². The van der Waals surface area contributed by atoms with E-state index in [1.54, 1.807) is 11.8 Å². The first-order valence-corrected chi connectivity index (χ1v) is 8.07. The number of nitrogens with two attached hydrogens (primary N) is 1. The summed E-state index contributed by atoms with van der Waals surface area (Å²) in [5, 5.41) is 7.90. The van der Waals surface area contributed by atoms with Gasteiger partial charge in [0.15, 0.2) is 0 Å². The first kappa shape index (κ1) is 15.2. The molecule has 0 unspecified atom stereocenters. The van der Waals surface area contributed by atoms with Crippen LogP contribution >= 0.6 is 11.8 Å². The average molecular weight is 292 g/mol. The molecule has 1 aromatic rings. The van der Waals surface area contributed by atoms with Gasteiger partial charge in [-0.2, -0.15) is 0 Å². The highest BCUT2D eigenvalue weighted by atomic mass is 32.2. The molecule has 1 aliphatic rings. The highest BCUT2D eigenvalue weighted by molar-refractivity contribution is 7.98. The molecular formula is C15H24N4S.